The number of aryl methyl sites for hydroxylation is 1. The molecule has 1 unspecified atom stereocenters. The average molecular weight is 300 g/mol. The van der Waals surface area contributed by atoms with Crippen LogP contribution in [0.5, 0.6) is 0 Å². The van der Waals surface area contributed by atoms with Gasteiger partial charge >= 0.3 is 12.0 Å². The van der Waals surface area contributed by atoms with Gasteiger partial charge in [-0.1, -0.05) is 6.92 Å². The molecule has 1 atom stereocenters. The number of carbonyl (C=O) groups is 2. The zero-order valence-electron chi connectivity index (χ0n) is 11.6. The summed E-state index contributed by atoms with van der Waals surface area (Å²) in [5, 5.41) is 25.5. The van der Waals surface area contributed by atoms with E-state index in [1.54, 1.807) is 11.3 Å². The summed E-state index contributed by atoms with van der Waals surface area (Å²) in [5.41, 5.74) is -0.256. The third-order valence-corrected chi connectivity index (χ3v) is 3.75. The molecule has 1 rings (SSSR count). The van der Waals surface area contributed by atoms with Gasteiger partial charge in [-0.25, -0.2) is 4.79 Å². The molecule has 0 radical (unpaired) electrons. The number of hydrogen-bond donors (Lipinski definition) is 4. The zero-order chi connectivity index (χ0) is 15.2. The number of carbonyl (C=O) groups excluding carboxylic acids is 1. The molecule has 1 heterocycles. The molecular formula is C13H20N2O4S. The number of thiophene rings is 1. The van der Waals surface area contributed by atoms with Crippen molar-refractivity contribution in [2.24, 2.45) is 0 Å². The van der Waals surface area contributed by atoms with E-state index in [1.165, 1.54) is 12.5 Å². The van der Waals surface area contributed by atoms with Crippen LogP contribution in [0.4, 0.5) is 4.79 Å². The molecule has 6 nitrogen and oxygen atoms in total. The Labute approximate surface area is 121 Å². The number of urea groups is 1. The Bertz CT molecular complexity index is 471. The van der Waals surface area contributed by atoms with Crippen molar-refractivity contribution < 1.29 is 19.8 Å². The van der Waals surface area contributed by atoms with Crippen molar-refractivity contribution in [3.05, 3.63) is 21.9 Å². The Hall–Kier alpha value is -1.60. The van der Waals surface area contributed by atoms with Crippen molar-refractivity contribution in [2.45, 2.75) is 38.8 Å². The molecule has 0 saturated heterocycles. The normalized spacial score (nSPS) is 13.6. The molecule has 0 bridgehead atoms. The van der Waals surface area contributed by atoms with Gasteiger partial charge in [0.25, 0.3) is 0 Å². The predicted molar refractivity (Wildman–Crippen MR) is 76.8 cm³/mol. The van der Waals surface area contributed by atoms with Crippen LogP contribution in [0.15, 0.2) is 11.4 Å². The zero-order valence-corrected chi connectivity index (χ0v) is 12.4. The van der Waals surface area contributed by atoms with E-state index in [2.05, 4.69) is 17.6 Å². The molecule has 0 aromatic carbocycles. The number of carboxylic acids is 1. The van der Waals surface area contributed by atoms with Gasteiger partial charge in [-0.05, 0) is 30.4 Å². The number of amides is 2. The quantitative estimate of drug-likeness (QED) is 0.610. The minimum atomic E-state index is -1.46. The molecule has 0 aliphatic carbocycles. The van der Waals surface area contributed by atoms with Crippen LogP contribution in [0.1, 0.15) is 30.7 Å². The fraction of sp³-hybridized carbons (Fsp3) is 0.538. The first-order valence-electron chi connectivity index (χ1n) is 6.35. The first kappa shape index (κ1) is 16.5. The molecule has 0 spiro atoms. The van der Waals surface area contributed by atoms with Crippen molar-refractivity contribution in [1.29, 1.82) is 0 Å². The summed E-state index contributed by atoms with van der Waals surface area (Å²) in [6.07, 6.45) is 0.494. The highest BCUT2D eigenvalue weighted by atomic mass is 32.1. The Morgan fingerprint density at radius 1 is 1.40 bits per heavy atom. The molecule has 2 amide bonds. The second-order valence-electron chi connectivity index (χ2n) is 4.83. The molecule has 0 fully saturated rings. The number of rotatable bonds is 7. The van der Waals surface area contributed by atoms with E-state index >= 15 is 0 Å². The van der Waals surface area contributed by atoms with E-state index in [1.807, 2.05) is 11.4 Å². The lowest BCUT2D eigenvalue weighted by molar-refractivity contribution is -0.141. The van der Waals surface area contributed by atoms with Crippen LogP contribution in [0.2, 0.25) is 0 Å². The van der Waals surface area contributed by atoms with Crippen LogP contribution in [-0.4, -0.2) is 34.4 Å². The monoisotopic (exact) mass is 300 g/mol. The van der Waals surface area contributed by atoms with Crippen LogP contribution in [0.25, 0.3) is 0 Å². The summed E-state index contributed by atoms with van der Waals surface area (Å²) in [6, 6.07) is 1.60. The smallest absolute Gasteiger partial charge is 0.315 e. The summed E-state index contributed by atoms with van der Waals surface area (Å²) >= 11 is 1.58. The number of hydrogen-bond acceptors (Lipinski definition) is 4. The van der Waals surface area contributed by atoms with Crippen LogP contribution < -0.4 is 10.6 Å². The third-order valence-electron chi connectivity index (χ3n) is 2.79. The van der Waals surface area contributed by atoms with Gasteiger partial charge in [-0.15, -0.1) is 11.3 Å². The summed E-state index contributed by atoms with van der Waals surface area (Å²) in [4.78, 5) is 23.2. The first-order chi connectivity index (χ1) is 9.34. The lowest BCUT2D eigenvalue weighted by Crippen LogP contribution is -2.45. The van der Waals surface area contributed by atoms with Crippen LogP contribution in [0, 0.1) is 0 Å². The van der Waals surface area contributed by atoms with Crippen LogP contribution in [0.3, 0.4) is 0 Å². The Morgan fingerprint density at radius 3 is 2.70 bits per heavy atom. The van der Waals surface area contributed by atoms with Crippen LogP contribution >= 0.6 is 11.3 Å². The predicted octanol–water partition coefficient (Wildman–Crippen LogP) is 1.34. The van der Waals surface area contributed by atoms with Crippen molar-refractivity contribution in [3.63, 3.8) is 0 Å². The highest BCUT2D eigenvalue weighted by Gasteiger charge is 2.24. The van der Waals surface area contributed by atoms with E-state index in [0.29, 0.717) is 6.54 Å². The van der Waals surface area contributed by atoms with Crippen molar-refractivity contribution in [3.8, 4) is 0 Å². The standard InChI is InChI=1S/C13H20N2O4S/c1-3-9-4-5-20-10(9)7-14-12(18)15-8-13(2,19)6-11(16)17/h4-5,19H,3,6-8H2,1-2H3,(H,16,17)(H2,14,15,18). The second-order valence-corrected chi connectivity index (χ2v) is 5.83. The van der Waals surface area contributed by atoms with E-state index < -0.39 is 24.0 Å². The molecule has 1 aromatic heterocycles. The molecule has 20 heavy (non-hydrogen) atoms. The number of nitrogens with one attached hydrogen (secondary N) is 2. The molecule has 7 heteroatoms. The summed E-state index contributed by atoms with van der Waals surface area (Å²) < 4.78 is 0. The SMILES string of the molecule is CCc1ccsc1CNC(=O)NCC(C)(O)CC(=O)O. The molecular weight excluding hydrogens is 280 g/mol. The molecule has 4 N–H and O–H groups in total. The number of carboxylic acid groups (broad SMARTS) is 1. The largest absolute Gasteiger partial charge is 0.481 e. The van der Waals surface area contributed by atoms with E-state index in [9.17, 15) is 14.7 Å². The van der Waals surface area contributed by atoms with Gasteiger partial charge in [0, 0.05) is 11.4 Å². The fourth-order valence-corrected chi connectivity index (χ4v) is 2.64. The third kappa shape index (κ3) is 5.58. The Kier molecular flexibility index (Phi) is 5.97. The Morgan fingerprint density at radius 2 is 2.10 bits per heavy atom. The second kappa shape index (κ2) is 7.25. The van der Waals surface area contributed by atoms with E-state index in [0.717, 1.165) is 11.3 Å². The molecule has 0 saturated carbocycles. The Balaban J connectivity index is 2.35. The maximum Gasteiger partial charge on any atom is 0.315 e. The summed E-state index contributed by atoms with van der Waals surface area (Å²) in [6.45, 7) is 3.73. The van der Waals surface area contributed by atoms with Gasteiger partial charge in [0.15, 0.2) is 0 Å². The summed E-state index contributed by atoms with van der Waals surface area (Å²) in [5.74, 6) is -1.11. The molecule has 0 aliphatic rings. The van der Waals surface area contributed by atoms with E-state index in [4.69, 9.17) is 5.11 Å². The van der Waals surface area contributed by atoms with Crippen molar-refractivity contribution in [1.82, 2.24) is 10.6 Å². The van der Waals surface area contributed by atoms with Gasteiger partial charge < -0.3 is 20.8 Å². The fourth-order valence-electron chi connectivity index (χ4n) is 1.72. The average Bonchev–Trinajstić information content (AvgIpc) is 2.79. The molecule has 0 aliphatic heterocycles. The number of aliphatic carboxylic acids is 1. The van der Waals surface area contributed by atoms with Crippen molar-refractivity contribution in [2.75, 3.05) is 6.54 Å². The topological polar surface area (TPSA) is 98.7 Å². The maximum absolute atomic E-state index is 11.6. The van der Waals surface area contributed by atoms with Gasteiger partial charge in [0.1, 0.15) is 0 Å². The van der Waals surface area contributed by atoms with Crippen molar-refractivity contribution >= 4 is 23.3 Å². The lowest BCUT2D eigenvalue weighted by Gasteiger charge is -2.21. The van der Waals surface area contributed by atoms with E-state index in [-0.39, 0.29) is 6.54 Å². The molecule has 112 valence electrons. The highest BCUT2D eigenvalue weighted by molar-refractivity contribution is 7.10. The first-order valence-corrected chi connectivity index (χ1v) is 7.23. The minimum Gasteiger partial charge on any atom is -0.481 e. The van der Waals surface area contributed by atoms with Gasteiger partial charge in [0.2, 0.25) is 0 Å². The van der Waals surface area contributed by atoms with Crippen LogP contribution in [-0.2, 0) is 17.8 Å². The highest BCUT2D eigenvalue weighted by Crippen LogP contribution is 2.16. The van der Waals surface area contributed by atoms with Gasteiger partial charge in [-0.2, -0.15) is 0 Å². The number of aliphatic hydroxyl groups is 1. The van der Waals surface area contributed by atoms with Gasteiger partial charge in [-0.3, -0.25) is 4.79 Å². The summed E-state index contributed by atoms with van der Waals surface area (Å²) in [7, 11) is 0. The minimum absolute atomic E-state index is 0.115. The van der Waals surface area contributed by atoms with Gasteiger partial charge in [0.05, 0.1) is 18.6 Å². The molecule has 1 aromatic rings. The maximum atomic E-state index is 11.6. The lowest BCUT2D eigenvalue weighted by atomic mass is 10.0.